The molecule has 0 bridgehead atoms. The van der Waals surface area contributed by atoms with Crippen LogP contribution >= 0.6 is 0 Å². The number of aliphatic hydroxyl groups is 1. The monoisotopic (exact) mass is 211 g/mol. The molecule has 0 spiro atoms. The van der Waals surface area contributed by atoms with Gasteiger partial charge in [0.05, 0.1) is 6.10 Å². The molecule has 2 nitrogen and oxygen atoms in total. The molecule has 0 amide bonds. The van der Waals surface area contributed by atoms with Crippen molar-refractivity contribution in [2.45, 2.75) is 76.5 Å². The molecule has 0 radical (unpaired) electrons. The van der Waals surface area contributed by atoms with E-state index >= 15 is 0 Å². The predicted molar refractivity (Wildman–Crippen MR) is 62.8 cm³/mol. The van der Waals surface area contributed by atoms with E-state index in [1.54, 1.807) is 0 Å². The fourth-order valence-electron chi connectivity index (χ4n) is 3.25. The first kappa shape index (κ1) is 11.4. The van der Waals surface area contributed by atoms with Crippen molar-refractivity contribution in [3.8, 4) is 0 Å². The third-order valence-electron chi connectivity index (χ3n) is 4.29. The van der Waals surface area contributed by atoms with Crippen molar-refractivity contribution in [2.75, 3.05) is 0 Å². The molecule has 0 aromatic heterocycles. The lowest BCUT2D eigenvalue weighted by atomic mass is 9.84. The van der Waals surface area contributed by atoms with Gasteiger partial charge in [-0.05, 0) is 38.0 Å². The van der Waals surface area contributed by atoms with Gasteiger partial charge in [-0.25, -0.2) is 0 Å². The van der Waals surface area contributed by atoms with E-state index in [2.05, 4.69) is 12.2 Å². The fraction of sp³-hybridized carbons (Fsp3) is 1.00. The molecule has 0 aromatic rings. The van der Waals surface area contributed by atoms with E-state index < -0.39 is 0 Å². The number of hydrogen-bond donors (Lipinski definition) is 2. The van der Waals surface area contributed by atoms with Gasteiger partial charge in [0.2, 0.25) is 0 Å². The lowest BCUT2D eigenvalue weighted by Gasteiger charge is -2.32. The van der Waals surface area contributed by atoms with Crippen molar-refractivity contribution < 1.29 is 5.11 Å². The SMILES string of the molecule is CCC1CCCC(NC2CCCC2O)C1. The minimum atomic E-state index is -0.0768. The van der Waals surface area contributed by atoms with Gasteiger partial charge in [0, 0.05) is 12.1 Å². The maximum atomic E-state index is 9.78. The second-order valence-corrected chi connectivity index (χ2v) is 5.41. The normalized spacial score (nSPS) is 42.0. The zero-order chi connectivity index (χ0) is 10.7. The summed E-state index contributed by atoms with van der Waals surface area (Å²) in [4.78, 5) is 0. The molecule has 2 fully saturated rings. The summed E-state index contributed by atoms with van der Waals surface area (Å²) in [7, 11) is 0. The summed E-state index contributed by atoms with van der Waals surface area (Å²) < 4.78 is 0. The lowest BCUT2D eigenvalue weighted by molar-refractivity contribution is 0.133. The average molecular weight is 211 g/mol. The number of rotatable bonds is 3. The van der Waals surface area contributed by atoms with Crippen LogP contribution in [0.3, 0.4) is 0 Å². The van der Waals surface area contributed by atoms with Gasteiger partial charge in [-0.2, -0.15) is 0 Å². The Morgan fingerprint density at radius 1 is 1.13 bits per heavy atom. The van der Waals surface area contributed by atoms with E-state index in [9.17, 15) is 5.11 Å². The van der Waals surface area contributed by atoms with Crippen molar-refractivity contribution in [1.82, 2.24) is 5.32 Å². The predicted octanol–water partition coefficient (Wildman–Crippen LogP) is 2.46. The van der Waals surface area contributed by atoms with Crippen molar-refractivity contribution >= 4 is 0 Å². The first-order chi connectivity index (χ1) is 7.29. The number of aliphatic hydroxyl groups excluding tert-OH is 1. The molecule has 2 aliphatic rings. The van der Waals surface area contributed by atoms with E-state index in [4.69, 9.17) is 0 Å². The molecule has 4 atom stereocenters. The van der Waals surface area contributed by atoms with Crippen LogP contribution < -0.4 is 5.32 Å². The largest absolute Gasteiger partial charge is 0.392 e. The Labute approximate surface area is 93.5 Å². The van der Waals surface area contributed by atoms with Gasteiger partial charge in [0.15, 0.2) is 0 Å². The minimum Gasteiger partial charge on any atom is -0.392 e. The van der Waals surface area contributed by atoms with Gasteiger partial charge in [0.1, 0.15) is 0 Å². The van der Waals surface area contributed by atoms with E-state index in [-0.39, 0.29) is 6.10 Å². The van der Waals surface area contributed by atoms with E-state index in [0.29, 0.717) is 12.1 Å². The fourth-order valence-corrected chi connectivity index (χ4v) is 3.25. The maximum Gasteiger partial charge on any atom is 0.0693 e. The van der Waals surface area contributed by atoms with Crippen LogP contribution in [-0.2, 0) is 0 Å². The lowest BCUT2D eigenvalue weighted by Crippen LogP contribution is -2.44. The Kier molecular flexibility index (Phi) is 4.04. The molecule has 2 N–H and O–H groups in total. The Morgan fingerprint density at radius 2 is 1.93 bits per heavy atom. The molecule has 0 aliphatic heterocycles. The van der Waals surface area contributed by atoms with E-state index in [1.165, 1.54) is 44.9 Å². The Morgan fingerprint density at radius 3 is 2.60 bits per heavy atom. The minimum absolute atomic E-state index is 0.0768. The molecule has 2 aliphatic carbocycles. The number of hydrogen-bond acceptors (Lipinski definition) is 2. The van der Waals surface area contributed by atoms with Crippen LogP contribution in [0, 0.1) is 5.92 Å². The summed E-state index contributed by atoms with van der Waals surface area (Å²) in [5.41, 5.74) is 0. The number of nitrogens with one attached hydrogen (secondary N) is 1. The van der Waals surface area contributed by atoms with Gasteiger partial charge in [-0.15, -0.1) is 0 Å². The average Bonchev–Trinajstić information content (AvgIpc) is 2.65. The van der Waals surface area contributed by atoms with Gasteiger partial charge >= 0.3 is 0 Å². The highest BCUT2D eigenvalue weighted by molar-refractivity contribution is 4.87. The molecule has 88 valence electrons. The highest BCUT2D eigenvalue weighted by Gasteiger charge is 2.29. The van der Waals surface area contributed by atoms with Crippen molar-refractivity contribution in [1.29, 1.82) is 0 Å². The second kappa shape index (κ2) is 5.31. The smallest absolute Gasteiger partial charge is 0.0693 e. The van der Waals surface area contributed by atoms with Crippen molar-refractivity contribution in [2.24, 2.45) is 5.92 Å². The summed E-state index contributed by atoms with van der Waals surface area (Å²) in [6, 6.07) is 1.08. The topological polar surface area (TPSA) is 32.3 Å². The molecule has 0 heterocycles. The van der Waals surface area contributed by atoms with Gasteiger partial charge in [0.25, 0.3) is 0 Å². The molecule has 4 unspecified atom stereocenters. The Balaban J connectivity index is 1.78. The van der Waals surface area contributed by atoms with Crippen LogP contribution in [0.2, 0.25) is 0 Å². The van der Waals surface area contributed by atoms with Crippen LogP contribution in [0.25, 0.3) is 0 Å². The third-order valence-corrected chi connectivity index (χ3v) is 4.29. The van der Waals surface area contributed by atoms with E-state index in [0.717, 1.165) is 12.3 Å². The van der Waals surface area contributed by atoms with Crippen LogP contribution in [0.15, 0.2) is 0 Å². The van der Waals surface area contributed by atoms with Crippen molar-refractivity contribution in [3.63, 3.8) is 0 Å². The summed E-state index contributed by atoms with van der Waals surface area (Å²) in [6.45, 7) is 2.30. The van der Waals surface area contributed by atoms with Crippen LogP contribution in [-0.4, -0.2) is 23.3 Å². The quantitative estimate of drug-likeness (QED) is 0.751. The maximum absolute atomic E-state index is 9.78. The molecular formula is C13H25NO. The standard InChI is InChI=1S/C13H25NO/c1-2-10-5-3-6-11(9-10)14-12-7-4-8-13(12)15/h10-15H,2-9H2,1H3. The molecule has 2 saturated carbocycles. The zero-order valence-corrected chi connectivity index (χ0v) is 9.91. The molecule has 15 heavy (non-hydrogen) atoms. The highest BCUT2D eigenvalue weighted by Crippen LogP contribution is 2.28. The Bertz CT molecular complexity index is 195. The third kappa shape index (κ3) is 2.94. The van der Waals surface area contributed by atoms with Crippen LogP contribution in [0.5, 0.6) is 0 Å². The molecule has 2 rings (SSSR count). The van der Waals surface area contributed by atoms with E-state index in [1.807, 2.05) is 0 Å². The van der Waals surface area contributed by atoms with Crippen LogP contribution in [0.4, 0.5) is 0 Å². The van der Waals surface area contributed by atoms with Crippen LogP contribution in [0.1, 0.15) is 58.3 Å². The first-order valence-electron chi connectivity index (χ1n) is 6.73. The Hall–Kier alpha value is -0.0800. The summed E-state index contributed by atoms with van der Waals surface area (Å²) in [6.07, 6.45) is 10.1. The van der Waals surface area contributed by atoms with Gasteiger partial charge < -0.3 is 10.4 Å². The molecule has 0 saturated heterocycles. The van der Waals surface area contributed by atoms with Gasteiger partial charge in [-0.3, -0.25) is 0 Å². The first-order valence-corrected chi connectivity index (χ1v) is 6.73. The molecule has 2 heteroatoms. The highest BCUT2D eigenvalue weighted by atomic mass is 16.3. The van der Waals surface area contributed by atoms with Gasteiger partial charge in [-0.1, -0.05) is 26.2 Å². The zero-order valence-electron chi connectivity index (χ0n) is 9.91. The summed E-state index contributed by atoms with van der Waals surface area (Å²) >= 11 is 0. The molecule has 0 aromatic carbocycles. The second-order valence-electron chi connectivity index (χ2n) is 5.41. The summed E-state index contributed by atoms with van der Waals surface area (Å²) in [5, 5.41) is 13.5. The molecular weight excluding hydrogens is 186 g/mol. The summed E-state index contributed by atoms with van der Waals surface area (Å²) in [5.74, 6) is 0.926. The van der Waals surface area contributed by atoms with Crippen molar-refractivity contribution in [3.05, 3.63) is 0 Å².